The zero-order valence-corrected chi connectivity index (χ0v) is 14.7. The number of benzene rings is 1. The quantitative estimate of drug-likeness (QED) is 0.705. The molecule has 2 nitrogen and oxygen atoms in total. The molecule has 1 aliphatic carbocycles. The molecule has 1 aromatic heterocycles. The molecule has 2 aromatic rings. The highest BCUT2D eigenvalue weighted by atomic mass is 35.5. The third kappa shape index (κ3) is 2.35. The fraction of sp³-hybridized carbons (Fsp3) is 0.421. The van der Waals surface area contributed by atoms with E-state index in [4.69, 9.17) is 11.6 Å². The van der Waals surface area contributed by atoms with Gasteiger partial charge in [0.05, 0.1) is 0 Å². The van der Waals surface area contributed by atoms with E-state index in [1.807, 2.05) is 0 Å². The molecule has 2 atom stereocenters. The Balaban J connectivity index is 2.09. The van der Waals surface area contributed by atoms with Crippen LogP contribution in [0.4, 0.5) is 24.7 Å². The number of fused-ring (bicyclic) bond motifs is 2. The van der Waals surface area contributed by atoms with Crippen molar-refractivity contribution < 1.29 is 13.2 Å². The second kappa shape index (κ2) is 5.37. The maximum Gasteiger partial charge on any atom is 0.402 e. The molecular weight excluding hydrogens is 349 g/mol. The number of anilines is 2. The summed E-state index contributed by atoms with van der Waals surface area (Å²) in [5.74, 6) is -0.240. The topological polar surface area (TPSA) is 24.9 Å². The van der Waals surface area contributed by atoms with Crippen molar-refractivity contribution in [2.75, 3.05) is 5.32 Å². The average molecular weight is 367 g/mol. The third-order valence-corrected chi connectivity index (χ3v) is 5.81. The van der Waals surface area contributed by atoms with Gasteiger partial charge < -0.3 is 5.32 Å². The van der Waals surface area contributed by atoms with Gasteiger partial charge in [-0.05, 0) is 61.4 Å². The lowest BCUT2D eigenvalue weighted by Gasteiger charge is -2.46. The summed E-state index contributed by atoms with van der Waals surface area (Å²) in [7, 11) is 0. The van der Waals surface area contributed by atoms with Crippen LogP contribution >= 0.6 is 11.6 Å². The van der Waals surface area contributed by atoms with Gasteiger partial charge in [0.2, 0.25) is 0 Å². The highest BCUT2D eigenvalue weighted by Crippen LogP contribution is 2.62. The van der Waals surface area contributed by atoms with Crippen molar-refractivity contribution in [2.24, 2.45) is 11.8 Å². The highest BCUT2D eigenvalue weighted by molar-refractivity contribution is 6.30. The number of halogens is 4. The van der Waals surface area contributed by atoms with Gasteiger partial charge in [-0.1, -0.05) is 24.6 Å². The molecule has 0 radical (unpaired) electrons. The number of aryl methyl sites for hydroxylation is 1. The van der Waals surface area contributed by atoms with Gasteiger partial charge in [0.1, 0.15) is 11.2 Å². The Morgan fingerprint density at radius 2 is 1.92 bits per heavy atom. The largest absolute Gasteiger partial charge is 0.402 e. The Morgan fingerprint density at radius 1 is 1.20 bits per heavy atom. The molecule has 0 spiro atoms. The minimum absolute atomic E-state index is 0.0562. The van der Waals surface area contributed by atoms with Crippen LogP contribution in [0.3, 0.4) is 0 Å². The molecule has 2 heterocycles. The maximum absolute atomic E-state index is 14.7. The summed E-state index contributed by atoms with van der Waals surface area (Å²) >= 11 is 6.10. The Labute approximate surface area is 149 Å². The molecule has 0 amide bonds. The minimum Gasteiger partial charge on any atom is -0.340 e. The standard InChI is InChI=1S/C19H18ClF3N2/c1-10-3-7-14-17(24-10)25-16-8-6-13(20)9-15(16)18(14,19(21,22)23)11(2)12-4-5-12/h3,6-9,11-12H,4-5H2,1-2H3,(H,24,25). The first-order valence-electron chi connectivity index (χ1n) is 8.37. The van der Waals surface area contributed by atoms with Crippen LogP contribution in [0.2, 0.25) is 5.02 Å². The average Bonchev–Trinajstić information content (AvgIpc) is 3.35. The lowest BCUT2D eigenvalue weighted by molar-refractivity contribution is -0.193. The Kier molecular flexibility index (Phi) is 3.59. The van der Waals surface area contributed by atoms with Crippen LogP contribution < -0.4 is 5.32 Å². The number of aromatic nitrogens is 1. The molecule has 1 fully saturated rings. The van der Waals surface area contributed by atoms with Gasteiger partial charge in [0.15, 0.2) is 0 Å². The van der Waals surface area contributed by atoms with E-state index in [0.717, 1.165) is 12.8 Å². The van der Waals surface area contributed by atoms with Crippen molar-refractivity contribution in [2.45, 2.75) is 38.3 Å². The molecule has 4 rings (SSSR count). The molecular formula is C19H18ClF3N2. The molecule has 1 aliphatic heterocycles. The fourth-order valence-corrected chi connectivity index (χ4v) is 4.37. The van der Waals surface area contributed by atoms with E-state index in [2.05, 4.69) is 10.3 Å². The van der Waals surface area contributed by atoms with Crippen LogP contribution in [0.1, 0.15) is 36.6 Å². The minimum atomic E-state index is -4.46. The smallest absolute Gasteiger partial charge is 0.340 e. The van der Waals surface area contributed by atoms with Crippen molar-refractivity contribution in [1.82, 2.24) is 4.98 Å². The van der Waals surface area contributed by atoms with E-state index >= 15 is 0 Å². The van der Waals surface area contributed by atoms with E-state index in [1.165, 1.54) is 6.07 Å². The predicted octanol–water partition coefficient (Wildman–Crippen LogP) is 5.99. The van der Waals surface area contributed by atoms with Gasteiger partial charge in [-0.3, -0.25) is 0 Å². The van der Waals surface area contributed by atoms with Crippen LogP contribution in [0.15, 0.2) is 30.3 Å². The lowest BCUT2D eigenvalue weighted by Crippen LogP contribution is -2.51. The number of pyridine rings is 1. The van der Waals surface area contributed by atoms with E-state index < -0.39 is 17.5 Å². The number of rotatable bonds is 2. The molecule has 1 saturated carbocycles. The first-order valence-corrected chi connectivity index (χ1v) is 8.75. The van der Waals surface area contributed by atoms with Crippen LogP contribution in [-0.2, 0) is 5.41 Å². The number of alkyl halides is 3. The maximum atomic E-state index is 14.7. The Bertz CT molecular complexity index is 845. The Morgan fingerprint density at radius 3 is 2.56 bits per heavy atom. The summed E-state index contributed by atoms with van der Waals surface area (Å²) in [4.78, 5) is 4.36. The predicted molar refractivity (Wildman–Crippen MR) is 92.4 cm³/mol. The summed E-state index contributed by atoms with van der Waals surface area (Å²) < 4.78 is 44.2. The van der Waals surface area contributed by atoms with Gasteiger partial charge in [-0.15, -0.1) is 0 Å². The summed E-state index contributed by atoms with van der Waals surface area (Å²) in [6, 6.07) is 7.90. The summed E-state index contributed by atoms with van der Waals surface area (Å²) in [6.45, 7) is 3.49. The molecule has 0 bridgehead atoms. The summed E-state index contributed by atoms with van der Waals surface area (Å²) in [6.07, 6.45) is -2.80. The monoisotopic (exact) mass is 366 g/mol. The molecule has 6 heteroatoms. The number of nitrogens with one attached hydrogen (secondary N) is 1. The van der Waals surface area contributed by atoms with Crippen LogP contribution in [0, 0.1) is 18.8 Å². The molecule has 25 heavy (non-hydrogen) atoms. The Hall–Kier alpha value is -1.75. The van der Waals surface area contributed by atoms with Crippen LogP contribution in [0.25, 0.3) is 0 Å². The van der Waals surface area contributed by atoms with Crippen molar-refractivity contribution in [3.8, 4) is 0 Å². The summed E-state index contributed by atoms with van der Waals surface area (Å²) in [5.41, 5.74) is -0.598. The van der Waals surface area contributed by atoms with Crippen LogP contribution in [0.5, 0.6) is 0 Å². The van der Waals surface area contributed by atoms with E-state index in [0.29, 0.717) is 22.2 Å². The van der Waals surface area contributed by atoms with Gasteiger partial charge in [-0.25, -0.2) is 4.98 Å². The van der Waals surface area contributed by atoms with Crippen molar-refractivity contribution in [3.05, 3.63) is 52.2 Å². The first-order chi connectivity index (χ1) is 11.7. The molecule has 2 unspecified atom stereocenters. The van der Waals surface area contributed by atoms with Gasteiger partial charge in [0.25, 0.3) is 0 Å². The molecule has 1 N–H and O–H groups in total. The van der Waals surface area contributed by atoms with Gasteiger partial charge in [0, 0.05) is 22.0 Å². The van der Waals surface area contributed by atoms with Gasteiger partial charge >= 0.3 is 6.18 Å². The van der Waals surface area contributed by atoms with Crippen LogP contribution in [-0.4, -0.2) is 11.2 Å². The number of nitrogens with zero attached hydrogens (tertiary/aromatic N) is 1. The second-order valence-electron chi connectivity index (χ2n) is 7.10. The molecule has 2 aliphatic rings. The summed E-state index contributed by atoms with van der Waals surface area (Å²) in [5, 5.41) is 3.39. The third-order valence-electron chi connectivity index (χ3n) is 5.58. The van der Waals surface area contributed by atoms with Gasteiger partial charge in [-0.2, -0.15) is 13.2 Å². The van der Waals surface area contributed by atoms with E-state index in [9.17, 15) is 13.2 Å². The van der Waals surface area contributed by atoms with Crippen molar-refractivity contribution >= 4 is 23.1 Å². The highest BCUT2D eigenvalue weighted by Gasteiger charge is 2.65. The first kappa shape index (κ1) is 16.7. The lowest BCUT2D eigenvalue weighted by atomic mass is 9.62. The SMILES string of the molecule is Cc1ccc2c(n1)Nc1ccc(Cl)cc1C2(C(C)C1CC1)C(F)(F)F. The zero-order valence-electron chi connectivity index (χ0n) is 13.9. The van der Waals surface area contributed by atoms with Crippen molar-refractivity contribution in [1.29, 1.82) is 0 Å². The normalized spacial score (nSPS) is 23.4. The fourth-order valence-electron chi connectivity index (χ4n) is 4.20. The van der Waals surface area contributed by atoms with E-state index in [1.54, 1.807) is 38.1 Å². The second-order valence-corrected chi connectivity index (χ2v) is 7.53. The zero-order chi connectivity index (χ0) is 18.0. The molecule has 132 valence electrons. The number of hydrogen-bond acceptors (Lipinski definition) is 2. The molecule has 1 aromatic carbocycles. The van der Waals surface area contributed by atoms with Crippen molar-refractivity contribution in [3.63, 3.8) is 0 Å². The van der Waals surface area contributed by atoms with E-state index in [-0.39, 0.29) is 17.0 Å². The number of hydrogen-bond donors (Lipinski definition) is 1. The molecule has 0 saturated heterocycles.